The fraction of sp³-hybridized carbons (Fsp3) is 0.304. The summed E-state index contributed by atoms with van der Waals surface area (Å²) in [5, 5.41) is 2.48. The van der Waals surface area contributed by atoms with E-state index >= 15 is 0 Å². The maximum Gasteiger partial charge on any atom is 0.252 e. The van der Waals surface area contributed by atoms with Gasteiger partial charge in [-0.1, -0.05) is 149 Å². The van der Waals surface area contributed by atoms with Crippen LogP contribution in [-0.2, 0) is 27.1 Å². The predicted molar refractivity (Wildman–Crippen MR) is 322 cm³/mol. The first-order valence-electron chi connectivity index (χ1n) is 28.5. The molecule has 2 aliphatic carbocycles. The van der Waals surface area contributed by atoms with Crippen molar-refractivity contribution in [2.45, 2.75) is 136 Å². The lowest BCUT2D eigenvalue weighted by molar-refractivity contribution is 0.332. The van der Waals surface area contributed by atoms with Crippen molar-refractivity contribution in [1.82, 2.24) is 0 Å². The zero-order valence-corrected chi connectivity index (χ0v) is 46.0. The van der Waals surface area contributed by atoms with E-state index in [-0.39, 0.29) is 33.8 Å². The number of hydrogen-bond donors (Lipinski definition) is 0. The molecule has 0 saturated heterocycles. The van der Waals surface area contributed by atoms with Gasteiger partial charge in [-0.2, -0.15) is 0 Å². The van der Waals surface area contributed by atoms with Gasteiger partial charge in [0, 0.05) is 75.5 Å². The molecule has 0 amide bonds. The summed E-state index contributed by atoms with van der Waals surface area (Å²) in [6.07, 6.45) is 4.41. The zero-order chi connectivity index (χ0) is 53.9. The van der Waals surface area contributed by atoms with Crippen LogP contribution < -0.4 is 31.1 Å². The van der Waals surface area contributed by atoms with E-state index in [4.69, 9.17) is 0 Å². The highest BCUT2D eigenvalue weighted by Crippen LogP contribution is 2.53. The number of para-hydroxylation sites is 2. The fourth-order valence-corrected chi connectivity index (χ4v) is 14.6. The zero-order valence-electron chi connectivity index (χ0n) is 48.2. The van der Waals surface area contributed by atoms with Crippen LogP contribution in [0, 0.1) is 6.85 Å². The molecular weight excluding hydrogens is 914 g/mol. The van der Waals surface area contributed by atoms with Gasteiger partial charge in [-0.05, 0) is 194 Å². The van der Waals surface area contributed by atoms with E-state index < -0.39 is 6.85 Å². The molecule has 2 aliphatic heterocycles. The van der Waals surface area contributed by atoms with E-state index in [0.717, 1.165) is 82.3 Å². The maximum atomic E-state index is 9.30. The van der Waals surface area contributed by atoms with Crippen LogP contribution in [0.3, 0.4) is 0 Å². The number of nitrogens with zero attached hydrogens (tertiary/aromatic N) is 3. The quantitative estimate of drug-likeness (QED) is 0.159. The molecule has 0 bridgehead atoms. The number of benzene rings is 8. The molecule has 9 aromatic rings. The van der Waals surface area contributed by atoms with Gasteiger partial charge in [-0.15, -0.1) is 11.3 Å². The van der Waals surface area contributed by atoms with Crippen molar-refractivity contribution < 1.29 is 4.11 Å². The summed E-state index contributed by atoms with van der Waals surface area (Å²) in [4.78, 5) is 7.23. The Balaban J connectivity index is 1.14. The summed E-state index contributed by atoms with van der Waals surface area (Å²) >= 11 is 1.84. The van der Waals surface area contributed by atoms with Crippen molar-refractivity contribution in [2.75, 3.05) is 14.7 Å². The minimum Gasteiger partial charge on any atom is -0.311 e. The van der Waals surface area contributed by atoms with Crippen molar-refractivity contribution in [3.05, 3.63) is 191 Å². The highest BCUT2D eigenvalue weighted by atomic mass is 32.1. The second-order valence-corrected chi connectivity index (χ2v) is 26.8. The number of aryl methyl sites for hydroxylation is 1. The Kier molecular flexibility index (Phi) is 9.60. The normalized spacial score (nSPS) is 18.4. The van der Waals surface area contributed by atoms with Crippen LogP contribution in [0.15, 0.2) is 158 Å². The highest BCUT2D eigenvalue weighted by molar-refractivity contribution is 7.25. The van der Waals surface area contributed by atoms with Gasteiger partial charge in [-0.3, -0.25) is 0 Å². The molecule has 4 aliphatic rings. The molecule has 8 aromatic carbocycles. The lowest BCUT2D eigenvalue weighted by Crippen LogP contribution is -2.62. The molecule has 0 fully saturated rings. The Morgan fingerprint density at radius 2 is 0.986 bits per heavy atom. The molecule has 370 valence electrons. The van der Waals surface area contributed by atoms with Crippen LogP contribution in [0.4, 0.5) is 51.2 Å². The molecule has 5 heteroatoms. The summed E-state index contributed by atoms with van der Waals surface area (Å²) in [7, 11) is 0. The summed E-state index contributed by atoms with van der Waals surface area (Å²) in [5.74, 6) is 0. The first-order valence-corrected chi connectivity index (χ1v) is 27.9. The van der Waals surface area contributed by atoms with E-state index in [0.29, 0.717) is 5.56 Å². The minimum atomic E-state index is -2.40. The van der Waals surface area contributed by atoms with Crippen molar-refractivity contribution in [2.24, 2.45) is 0 Å². The van der Waals surface area contributed by atoms with Gasteiger partial charge in [0.1, 0.15) is 0 Å². The second-order valence-electron chi connectivity index (χ2n) is 25.7. The van der Waals surface area contributed by atoms with Crippen molar-refractivity contribution in [1.29, 1.82) is 0 Å². The minimum absolute atomic E-state index is 0.0190. The number of thiophene rings is 1. The predicted octanol–water partition coefficient (Wildman–Crippen LogP) is 17.9. The molecule has 0 atom stereocenters. The Bertz CT molecular complexity index is 3840. The monoisotopic (exact) mass is 987 g/mol. The molecule has 0 radical (unpaired) electrons. The third-order valence-corrected chi connectivity index (χ3v) is 19.1. The van der Waals surface area contributed by atoms with Crippen LogP contribution >= 0.6 is 11.3 Å². The third-order valence-electron chi connectivity index (χ3n) is 18.0. The largest absolute Gasteiger partial charge is 0.311 e. The lowest BCUT2D eigenvalue weighted by atomic mass is 9.33. The Hall–Kier alpha value is -6.56. The van der Waals surface area contributed by atoms with Crippen molar-refractivity contribution in [3.63, 3.8) is 0 Å². The summed E-state index contributed by atoms with van der Waals surface area (Å²) in [6, 6.07) is 58.6. The van der Waals surface area contributed by atoms with E-state index in [9.17, 15) is 4.11 Å². The van der Waals surface area contributed by atoms with Gasteiger partial charge in [0.05, 0.1) is 0 Å². The highest BCUT2D eigenvalue weighted by Gasteiger charge is 2.47. The van der Waals surface area contributed by atoms with E-state index in [1.165, 1.54) is 58.9 Å². The van der Waals surface area contributed by atoms with Gasteiger partial charge in [0.2, 0.25) is 0 Å². The van der Waals surface area contributed by atoms with E-state index in [1.54, 1.807) is 0 Å². The molecule has 74 heavy (non-hydrogen) atoms. The first-order chi connectivity index (χ1) is 36.4. The molecular formula is C69H70BN3S. The van der Waals surface area contributed by atoms with Crippen LogP contribution in [0.25, 0.3) is 20.2 Å². The smallest absolute Gasteiger partial charge is 0.252 e. The number of anilines is 9. The first kappa shape index (κ1) is 43.8. The average Bonchev–Trinajstić information content (AvgIpc) is 3.95. The van der Waals surface area contributed by atoms with Crippen LogP contribution in [0.1, 0.15) is 139 Å². The Morgan fingerprint density at radius 3 is 1.58 bits per heavy atom. The molecule has 3 heterocycles. The van der Waals surface area contributed by atoms with Crippen molar-refractivity contribution in [3.8, 4) is 0 Å². The van der Waals surface area contributed by atoms with E-state index in [1.807, 2.05) is 23.5 Å². The average molecular weight is 987 g/mol. The summed E-state index contributed by atoms with van der Waals surface area (Å²) < 4.78 is 30.4. The van der Waals surface area contributed by atoms with Crippen LogP contribution in [0.5, 0.6) is 0 Å². The third kappa shape index (κ3) is 7.26. The Labute approximate surface area is 449 Å². The molecule has 0 saturated carbocycles. The second kappa shape index (κ2) is 16.2. The van der Waals surface area contributed by atoms with E-state index in [2.05, 4.69) is 236 Å². The number of rotatable bonds is 5. The Morgan fingerprint density at radius 1 is 0.473 bits per heavy atom. The van der Waals surface area contributed by atoms with Crippen LogP contribution in [-0.4, -0.2) is 6.71 Å². The standard InChI is InChI=1S/C69H70BN3S/c1-43-35-60-64-61(36-43)73(49-24-28-51-50-27-23-44(65(2,3)4)37-62(50)74-63(51)40-49)58-39-48(71(45-19-15-13-16-20-45)46-21-17-14-18-22-46)26-30-56(58)70(64)57-41-54-55(69(11,12)34-33-68(54,9)10)42-59(57)72(60)47-25-29-52-53(38-47)67(7,8)32-31-66(52,5)6/h13-30,35-42H,31-34H2,1-12H3/i1D3. The molecule has 1 aromatic heterocycles. The van der Waals surface area contributed by atoms with Crippen molar-refractivity contribution >= 4 is 106 Å². The molecule has 0 unspecified atom stereocenters. The number of hydrogen-bond acceptors (Lipinski definition) is 4. The van der Waals surface area contributed by atoms with Gasteiger partial charge in [0.15, 0.2) is 0 Å². The van der Waals surface area contributed by atoms with Gasteiger partial charge in [-0.25, -0.2) is 0 Å². The fourth-order valence-electron chi connectivity index (χ4n) is 13.4. The molecule has 0 spiro atoms. The summed E-state index contributed by atoms with van der Waals surface area (Å²) in [6.45, 7) is 23.5. The molecule has 0 N–H and O–H groups in total. The SMILES string of the molecule is [2H]C([2H])([2H])c1cc2c3c(c1)N(c1ccc4c(c1)C(C)(C)CCC4(C)C)c1cc4c(cc1B3c1ccc(N(c3ccccc3)c3ccccc3)cc1N2c1ccc2c(c1)sc1cc(C(C)(C)C)ccc12)C(C)(C)CCC4(C)C. The van der Waals surface area contributed by atoms with Gasteiger partial charge >= 0.3 is 0 Å². The number of fused-ring (bicyclic) bond motifs is 9. The topological polar surface area (TPSA) is 9.72 Å². The van der Waals surface area contributed by atoms with Gasteiger partial charge in [0.25, 0.3) is 6.71 Å². The van der Waals surface area contributed by atoms with Gasteiger partial charge < -0.3 is 14.7 Å². The summed E-state index contributed by atoms with van der Waals surface area (Å²) in [5.41, 5.74) is 19.9. The maximum absolute atomic E-state index is 9.30. The lowest BCUT2D eigenvalue weighted by Gasteiger charge is -2.48. The van der Waals surface area contributed by atoms with Crippen LogP contribution in [0.2, 0.25) is 0 Å². The molecule has 13 rings (SSSR count). The molecule has 3 nitrogen and oxygen atoms in total.